The molecule has 0 spiro atoms. The molecule has 0 amide bonds. The lowest BCUT2D eigenvalue weighted by Crippen LogP contribution is -2.25. The Balaban J connectivity index is 1.88. The highest BCUT2D eigenvalue weighted by atomic mass is 32.2. The van der Waals surface area contributed by atoms with Gasteiger partial charge in [0, 0.05) is 18.7 Å². The summed E-state index contributed by atoms with van der Waals surface area (Å²) in [6.45, 7) is 0.446. The fraction of sp³-hybridized carbons (Fsp3) is 0.308. The third-order valence-corrected chi connectivity index (χ3v) is 3.99. The number of benzene rings is 1. The highest BCUT2D eigenvalue weighted by Crippen LogP contribution is 2.30. The monoisotopic (exact) mass is 375 g/mol. The number of fused-ring (bicyclic) bond motifs is 1. The van der Waals surface area contributed by atoms with Crippen LogP contribution in [0.5, 0.6) is 0 Å². The van der Waals surface area contributed by atoms with Gasteiger partial charge >= 0.3 is 12.1 Å². The van der Waals surface area contributed by atoms with Gasteiger partial charge in [-0.3, -0.25) is 0 Å². The van der Waals surface area contributed by atoms with Gasteiger partial charge in [0.05, 0.1) is 23.6 Å². The van der Waals surface area contributed by atoms with Crippen molar-refractivity contribution in [3.8, 4) is 11.4 Å². The summed E-state index contributed by atoms with van der Waals surface area (Å²) in [7, 11) is -3.32. The topological polar surface area (TPSA) is 103 Å². The van der Waals surface area contributed by atoms with Crippen molar-refractivity contribution in [2.24, 2.45) is 0 Å². The Kier molecular flexibility index (Phi) is 4.24. The Morgan fingerprint density at radius 3 is 2.72 bits per heavy atom. The minimum atomic E-state index is -4.71. The van der Waals surface area contributed by atoms with Gasteiger partial charge in [0.1, 0.15) is 0 Å². The van der Waals surface area contributed by atoms with Crippen LogP contribution in [-0.4, -0.2) is 40.9 Å². The highest BCUT2D eigenvalue weighted by Gasteiger charge is 2.38. The smallest absolute Gasteiger partial charge is 0.329 e. The average Bonchev–Trinajstić information content (AvgIpc) is 3.12. The molecule has 0 unspecified atom stereocenters. The predicted molar refractivity (Wildman–Crippen MR) is 80.9 cm³/mol. The third kappa shape index (κ3) is 3.96. The van der Waals surface area contributed by atoms with E-state index in [2.05, 4.69) is 24.4 Å². The quantitative estimate of drug-likeness (QED) is 0.727. The van der Waals surface area contributed by atoms with Crippen molar-refractivity contribution in [1.82, 2.24) is 24.4 Å². The number of imidazole rings is 1. The van der Waals surface area contributed by atoms with E-state index >= 15 is 0 Å². The molecule has 25 heavy (non-hydrogen) atoms. The van der Waals surface area contributed by atoms with E-state index in [1.54, 1.807) is 16.7 Å². The van der Waals surface area contributed by atoms with E-state index in [9.17, 15) is 21.6 Å². The van der Waals surface area contributed by atoms with E-state index in [1.807, 2.05) is 0 Å². The summed E-state index contributed by atoms with van der Waals surface area (Å²) in [5, 5.41) is 3.34. The number of aromatic nitrogens is 4. The lowest BCUT2D eigenvalue weighted by molar-refractivity contribution is -0.159. The minimum Gasteiger partial charge on any atom is -0.329 e. The number of nitrogens with one attached hydrogen (secondary N) is 1. The largest absolute Gasteiger partial charge is 0.471 e. The molecule has 0 aliphatic rings. The van der Waals surface area contributed by atoms with Gasteiger partial charge in [-0.05, 0) is 18.2 Å². The van der Waals surface area contributed by atoms with Gasteiger partial charge in [-0.25, -0.2) is 18.1 Å². The first kappa shape index (κ1) is 17.4. The van der Waals surface area contributed by atoms with Crippen molar-refractivity contribution < 1.29 is 26.1 Å². The summed E-state index contributed by atoms with van der Waals surface area (Å²) in [5.41, 5.74) is 1.53. The number of hydrogen-bond acceptors (Lipinski definition) is 6. The second kappa shape index (κ2) is 6.11. The van der Waals surface area contributed by atoms with Crippen molar-refractivity contribution in [1.29, 1.82) is 0 Å². The van der Waals surface area contributed by atoms with Gasteiger partial charge in [0.15, 0.2) is 0 Å². The summed E-state index contributed by atoms with van der Waals surface area (Å²) < 4.78 is 68.1. The molecule has 134 valence electrons. The number of nitrogens with zero attached hydrogens (tertiary/aromatic N) is 4. The van der Waals surface area contributed by atoms with Crippen LogP contribution in [-0.2, 0) is 22.7 Å². The highest BCUT2D eigenvalue weighted by molar-refractivity contribution is 7.88. The van der Waals surface area contributed by atoms with Gasteiger partial charge in [-0.1, -0.05) is 5.16 Å². The molecule has 1 N–H and O–H groups in total. The Morgan fingerprint density at radius 2 is 2.08 bits per heavy atom. The summed E-state index contributed by atoms with van der Waals surface area (Å²) in [6, 6.07) is 4.70. The summed E-state index contributed by atoms with van der Waals surface area (Å²) in [5.74, 6) is -1.62. The van der Waals surface area contributed by atoms with Crippen molar-refractivity contribution in [2.45, 2.75) is 12.7 Å². The molecule has 1 aromatic carbocycles. The van der Waals surface area contributed by atoms with Crippen molar-refractivity contribution in [3.63, 3.8) is 0 Å². The first-order chi connectivity index (χ1) is 11.6. The molecule has 3 aromatic rings. The van der Waals surface area contributed by atoms with Gasteiger partial charge in [-0.15, -0.1) is 0 Å². The molecule has 12 heteroatoms. The van der Waals surface area contributed by atoms with Crippen molar-refractivity contribution in [2.75, 3.05) is 12.8 Å². The maximum atomic E-state index is 12.6. The summed E-state index contributed by atoms with van der Waals surface area (Å²) in [6.07, 6.45) is -2.16. The maximum Gasteiger partial charge on any atom is 0.471 e. The van der Waals surface area contributed by atoms with Crippen LogP contribution in [0.2, 0.25) is 0 Å². The molecule has 0 saturated heterocycles. The zero-order chi connectivity index (χ0) is 18.2. The molecule has 8 nitrogen and oxygen atoms in total. The first-order valence-corrected chi connectivity index (χ1v) is 8.83. The van der Waals surface area contributed by atoms with Crippen LogP contribution >= 0.6 is 0 Å². The number of sulfonamides is 1. The zero-order valence-corrected chi connectivity index (χ0v) is 13.6. The minimum absolute atomic E-state index is 0.148. The van der Waals surface area contributed by atoms with Gasteiger partial charge < -0.3 is 9.09 Å². The van der Waals surface area contributed by atoms with E-state index in [1.165, 1.54) is 12.4 Å². The van der Waals surface area contributed by atoms with E-state index in [-0.39, 0.29) is 12.4 Å². The fourth-order valence-electron chi connectivity index (χ4n) is 2.18. The van der Waals surface area contributed by atoms with E-state index < -0.39 is 22.1 Å². The van der Waals surface area contributed by atoms with E-state index in [4.69, 9.17) is 0 Å². The number of rotatable bonds is 5. The average molecular weight is 375 g/mol. The second-order valence-electron chi connectivity index (χ2n) is 5.23. The molecular formula is C13H12F3N5O3S. The lowest BCUT2D eigenvalue weighted by atomic mass is 10.2. The standard InChI is InChI=1S/C13H12F3N5O3S/c1-25(22,23)18-4-5-21-7-17-9-3-2-8(6-10(9)21)11-19-12(24-20-11)13(14,15)16/h2-3,6-7,18H,4-5H2,1H3. The molecule has 0 bridgehead atoms. The molecule has 0 radical (unpaired) electrons. The molecule has 3 rings (SSSR count). The molecule has 0 aliphatic heterocycles. The van der Waals surface area contributed by atoms with Crippen molar-refractivity contribution >= 4 is 21.1 Å². The fourth-order valence-corrected chi connectivity index (χ4v) is 2.64. The Hall–Kier alpha value is -2.47. The van der Waals surface area contributed by atoms with Crippen LogP contribution in [0.25, 0.3) is 22.4 Å². The second-order valence-corrected chi connectivity index (χ2v) is 7.06. The van der Waals surface area contributed by atoms with Crippen LogP contribution in [0.4, 0.5) is 13.2 Å². The third-order valence-electron chi connectivity index (χ3n) is 3.26. The Morgan fingerprint density at radius 1 is 1.32 bits per heavy atom. The molecular weight excluding hydrogens is 363 g/mol. The zero-order valence-electron chi connectivity index (χ0n) is 12.8. The summed E-state index contributed by atoms with van der Waals surface area (Å²) in [4.78, 5) is 7.50. The lowest BCUT2D eigenvalue weighted by Gasteiger charge is -2.05. The molecule has 0 fully saturated rings. The van der Waals surface area contributed by atoms with Gasteiger partial charge in [0.2, 0.25) is 15.8 Å². The van der Waals surface area contributed by atoms with Gasteiger partial charge in [0.25, 0.3) is 0 Å². The number of hydrogen-bond donors (Lipinski definition) is 1. The number of alkyl halides is 3. The SMILES string of the molecule is CS(=O)(=O)NCCn1cnc2ccc(-c3noc(C(F)(F)F)n3)cc21. The molecule has 0 saturated carbocycles. The van der Waals surface area contributed by atoms with Crippen LogP contribution in [0.1, 0.15) is 5.89 Å². The number of halogens is 3. The molecule has 2 heterocycles. The van der Waals surface area contributed by atoms with E-state index in [0.29, 0.717) is 23.1 Å². The predicted octanol–water partition coefficient (Wildman–Crippen LogP) is 1.65. The van der Waals surface area contributed by atoms with Crippen LogP contribution in [0.15, 0.2) is 29.0 Å². The van der Waals surface area contributed by atoms with E-state index in [0.717, 1.165) is 6.26 Å². The molecule has 0 atom stereocenters. The van der Waals surface area contributed by atoms with Gasteiger partial charge in [-0.2, -0.15) is 18.2 Å². The molecule has 0 aliphatic carbocycles. The maximum absolute atomic E-state index is 12.6. The van der Waals surface area contributed by atoms with Crippen LogP contribution < -0.4 is 4.72 Å². The first-order valence-electron chi connectivity index (χ1n) is 6.94. The molecule has 2 aromatic heterocycles. The summed E-state index contributed by atoms with van der Waals surface area (Å²) >= 11 is 0. The Labute approximate surface area is 139 Å². The van der Waals surface area contributed by atoms with Crippen molar-refractivity contribution in [3.05, 3.63) is 30.4 Å². The normalized spacial score (nSPS) is 12.8. The Bertz CT molecular complexity index is 1010. The van der Waals surface area contributed by atoms with Crippen LogP contribution in [0, 0.1) is 0 Å². The van der Waals surface area contributed by atoms with Crippen LogP contribution in [0.3, 0.4) is 0 Å².